The van der Waals surface area contributed by atoms with Crippen LogP contribution in [0.5, 0.6) is 0 Å². The number of hydrogen-bond acceptors (Lipinski definition) is 3. The van der Waals surface area contributed by atoms with Crippen molar-refractivity contribution in [2.75, 3.05) is 13.1 Å². The van der Waals surface area contributed by atoms with E-state index in [4.69, 9.17) is 0 Å². The lowest BCUT2D eigenvalue weighted by molar-refractivity contribution is -0.142. The lowest BCUT2D eigenvalue weighted by atomic mass is 9.90. The van der Waals surface area contributed by atoms with Crippen LogP contribution in [0.3, 0.4) is 0 Å². The number of thiophene rings is 1. The van der Waals surface area contributed by atoms with E-state index in [0.29, 0.717) is 6.54 Å². The van der Waals surface area contributed by atoms with Crippen LogP contribution in [0.4, 0.5) is 0 Å². The molecule has 26 heavy (non-hydrogen) atoms. The van der Waals surface area contributed by atoms with Crippen LogP contribution in [-0.4, -0.2) is 40.7 Å². The molecule has 1 unspecified atom stereocenters. The zero-order valence-corrected chi connectivity index (χ0v) is 16.7. The average Bonchev–Trinajstić information content (AvgIpc) is 3.07. The summed E-state index contributed by atoms with van der Waals surface area (Å²) < 4.78 is 0. The Labute approximate surface area is 159 Å². The molecule has 1 aromatic heterocycles. The van der Waals surface area contributed by atoms with Gasteiger partial charge in [0.1, 0.15) is 0 Å². The van der Waals surface area contributed by atoms with Crippen molar-refractivity contribution in [1.82, 2.24) is 9.80 Å². The van der Waals surface area contributed by atoms with Crippen LogP contribution in [0.15, 0.2) is 35.7 Å². The van der Waals surface area contributed by atoms with Gasteiger partial charge in [-0.2, -0.15) is 0 Å². The summed E-state index contributed by atoms with van der Waals surface area (Å²) in [7, 11) is 0. The highest BCUT2D eigenvalue weighted by atomic mass is 32.1. The quantitative estimate of drug-likeness (QED) is 0.822. The third-order valence-corrected chi connectivity index (χ3v) is 6.10. The molecule has 138 valence electrons. The first kappa shape index (κ1) is 18.6. The van der Waals surface area contributed by atoms with Crippen molar-refractivity contribution in [2.24, 2.45) is 0 Å². The van der Waals surface area contributed by atoms with Gasteiger partial charge in [-0.25, -0.2) is 0 Å². The van der Waals surface area contributed by atoms with Gasteiger partial charge in [-0.15, -0.1) is 11.3 Å². The third kappa shape index (κ3) is 3.54. The Balaban J connectivity index is 1.96. The molecule has 0 radical (unpaired) electrons. The number of fused-ring (bicyclic) bond motifs is 1. The van der Waals surface area contributed by atoms with Gasteiger partial charge >= 0.3 is 0 Å². The number of nitrogens with zero attached hydrogens (tertiary/aromatic N) is 2. The zero-order chi connectivity index (χ0) is 18.8. The maximum atomic E-state index is 13.2. The molecule has 2 amide bonds. The molecule has 0 bridgehead atoms. The van der Waals surface area contributed by atoms with Crippen molar-refractivity contribution >= 4 is 23.2 Å². The van der Waals surface area contributed by atoms with E-state index in [1.54, 1.807) is 16.2 Å². The summed E-state index contributed by atoms with van der Waals surface area (Å²) in [5.74, 6) is -0.0481. The van der Waals surface area contributed by atoms with E-state index in [2.05, 4.69) is 30.5 Å². The van der Waals surface area contributed by atoms with Gasteiger partial charge in [-0.3, -0.25) is 9.59 Å². The second kappa shape index (κ2) is 7.62. The minimum absolute atomic E-state index is 0.00913. The number of hydrogen-bond donors (Lipinski definition) is 0. The Morgan fingerprint density at radius 3 is 2.62 bits per heavy atom. The highest BCUT2D eigenvalue weighted by Gasteiger charge is 2.34. The second-order valence-corrected chi connectivity index (χ2v) is 8.14. The standard InChI is InChI=1S/C21H26N2O2S/c1-14(2)23(16(4)24)13-20(25)22-11-9-19-18(10-12-26-19)21(22)17-8-6-5-7-15(17)3/h5-8,10,12,14,21H,9,11,13H2,1-4H3. The number of carbonyl (C=O) groups is 2. The van der Waals surface area contributed by atoms with Crippen molar-refractivity contribution < 1.29 is 9.59 Å². The second-order valence-electron chi connectivity index (χ2n) is 7.14. The first-order chi connectivity index (χ1) is 12.4. The molecule has 0 N–H and O–H groups in total. The van der Waals surface area contributed by atoms with Gasteiger partial charge in [-0.05, 0) is 55.3 Å². The van der Waals surface area contributed by atoms with Crippen LogP contribution < -0.4 is 0 Å². The summed E-state index contributed by atoms with van der Waals surface area (Å²) in [6, 6.07) is 10.3. The van der Waals surface area contributed by atoms with Gasteiger partial charge in [0.05, 0.1) is 12.6 Å². The molecule has 0 spiro atoms. The molecular weight excluding hydrogens is 344 g/mol. The first-order valence-electron chi connectivity index (χ1n) is 9.08. The van der Waals surface area contributed by atoms with E-state index in [9.17, 15) is 9.59 Å². The van der Waals surface area contributed by atoms with Crippen molar-refractivity contribution in [3.05, 3.63) is 57.3 Å². The predicted octanol–water partition coefficient (Wildman–Crippen LogP) is 3.79. The van der Waals surface area contributed by atoms with Crippen LogP contribution in [0, 0.1) is 6.92 Å². The van der Waals surface area contributed by atoms with E-state index in [1.165, 1.54) is 28.5 Å². The van der Waals surface area contributed by atoms with Gasteiger partial charge in [0.15, 0.2) is 0 Å². The van der Waals surface area contributed by atoms with Gasteiger partial charge in [-0.1, -0.05) is 24.3 Å². The van der Waals surface area contributed by atoms with E-state index >= 15 is 0 Å². The molecule has 0 aliphatic carbocycles. The Morgan fingerprint density at radius 2 is 1.96 bits per heavy atom. The molecule has 1 aromatic carbocycles. The fourth-order valence-corrected chi connectivity index (χ4v) is 4.61. The number of carbonyl (C=O) groups excluding carboxylic acids is 2. The van der Waals surface area contributed by atoms with E-state index in [0.717, 1.165) is 6.42 Å². The largest absolute Gasteiger partial charge is 0.331 e. The van der Waals surface area contributed by atoms with E-state index in [-0.39, 0.29) is 30.4 Å². The molecular formula is C21H26N2O2S. The molecule has 1 aliphatic heterocycles. The Hall–Kier alpha value is -2.14. The maximum Gasteiger partial charge on any atom is 0.243 e. The lowest BCUT2D eigenvalue weighted by Crippen LogP contribution is -2.48. The first-order valence-corrected chi connectivity index (χ1v) is 9.96. The van der Waals surface area contributed by atoms with Gasteiger partial charge in [0.25, 0.3) is 0 Å². The number of rotatable bonds is 4. The fraction of sp³-hybridized carbons (Fsp3) is 0.429. The maximum absolute atomic E-state index is 13.2. The van der Waals surface area contributed by atoms with Crippen LogP contribution in [-0.2, 0) is 16.0 Å². The molecule has 5 heteroatoms. The van der Waals surface area contributed by atoms with Crippen molar-refractivity contribution in [3.63, 3.8) is 0 Å². The molecule has 4 nitrogen and oxygen atoms in total. The molecule has 0 saturated carbocycles. The SMILES string of the molecule is CC(=O)N(CC(=O)N1CCc2sccc2C1c1ccccc1C)C(C)C. The van der Waals surface area contributed by atoms with Gasteiger partial charge < -0.3 is 9.80 Å². The van der Waals surface area contributed by atoms with Crippen LogP contribution in [0.2, 0.25) is 0 Å². The molecule has 1 aliphatic rings. The fourth-order valence-electron chi connectivity index (χ4n) is 3.71. The smallest absolute Gasteiger partial charge is 0.243 e. The molecule has 3 rings (SSSR count). The normalized spacial score (nSPS) is 16.5. The summed E-state index contributed by atoms with van der Waals surface area (Å²) in [5, 5.41) is 2.11. The highest BCUT2D eigenvalue weighted by Crippen LogP contribution is 2.38. The van der Waals surface area contributed by atoms with E-state index < -0.39 is 0 Å². The molecule has 2 aromatic rings. The average molecular weight is 371 g/mol. The number of amides is 2. The Bertz CT molecular complexity index is 812. The van der Waals surface area contributed by atoms with Gasteiger partial charge in [0, 0.05) is 24.4 Å². The summed E-state index contributed by atoms with van der Waals surface area (Å²) in [6.07, 6.45) is 0.878. The molecule has 1 atom stereocenters. The Morgan fingerprint density at radius 1 is 1.23 bits per heavy atom. The number of benzene rings is 1. The monoisotopic (exact) mass is 370 g/mol. The Kier molecular flexibility index (Phi) is 5.47. The summed E-state index contributed by atoms with van der Waals surface area (Å²) >= 11 is 1.76. The lowest BCUT2D eigenvalue weighted by Gasteiger charge is -2.38. The van der Waals surface area contributed by atoms with Crippen LogP contribution in [0.1, 0.15) is 48.4 Å². The predicted molar refractivity (Wildman–Crippen MR) is 105 cm³/mol. The zero-order valence-electron chi connectivity index (χ0n) is 15.9. The highest BCUT2D eigenvalue weighted by molar-refractivity contribution is 7.10. The summed E-state index contributed by atoms with van der Waals surface area (Å²) in [6.45, 7) is 8.33. The summed E-state index contributed by atoms with van der Waals surface area (Å²) in [5.41, 5.74) is 3.57. The molecule has 0 fully saturated rings. The van der Waals surface area contributed by atoms with Crippen LogP contribution >= 0.6 is 11.3 Å². The third-order valence-electron chi connectivity index (χ3n) is 5.10. The van der Waals surface area contributed by atoms with E-state index in [1.807, 2.05) is 30.9 Å². The van der Waals surface area contributed by atoms with Crippen molar-refractivity contribution in [1.29, 1.82) is 0 Å². The topological polar surface area (TPSA) is 40.6 Å². The molecule has 2 heterocycles. The summed E-state index contributed by atoms with van der Waals surface area (Å²) in [4.78, 5) is 30.1. The molecule has 0 saturated heterocycles. The minimum atomic E-state index is -0.0697. The van der Waals surface area contributed by atoms with Gasteiger partial charge in [0.2, 0.25) is 11.8 Å². The van der Waals surface area contributed by atoms with Crippen molar-refractivity contribution in [3.8, 4) is 0 Å². The van der Waals surface area contributed by atoms with Crippen LogP contribution in [0.25, 0.3) is 0 Å². The minimum Gasteiger partial charge on any atom is -0.331 e. The van der Waals surface area contributed by atoms with Crippen molar-refractivity contribution in [2.45, 2.75) is 46.2 Å². The number of aryl methyl sites for hydroxylation is 1.